The van der Waals surface area contributed by atoms with E-state index in [1.54, 1.807) is 12.0 Å². The first kappa shape index (κ1) is 20.5. The molecular weight excluding hydrogens is 426 g/mol. The van der Waals surface area contributed by atoms with Crippen molar-refractivity contribution >= 4 is 50.1 Å². The molecule has 0 spiro atoms. The van der Waals surface area contributed by atoms with Crippen LogP contribution in [0.2, 0.25) is 0 Å². The van der Waals surface area contributed by atoms with Gasteiger partial charge in [-0.25, -0.2) is 0 Å². The molecule has 1 fully saturated rings. The average molecular weight is 448 g/mol. The number of thiocarbonyl (C=S) groups is 1. The summed E-state index contributed by atoms with van der Waals surface area (Å²) in [5.74, 6) is 1.41. The Bertz CT molecular complexity index is 641. The van der Waals surface area contributed by atoms with Gasteiger partial charge in [0, 0.05) is 7.11 Å². The van der Waals surface area contributed by atoms with Crippen LogP contribution in [0.5, 0.6) is 11.5 Å². The summed E-state index contributed by atoms with van der Waals surface area (Å²) in [5.41, 5.74) is 1.00. The number of nitrogens with zero attached hydrogens (tertiary/aromatic N) is 1. The molecular formula is C17H22BrNO4S2. The quantitative estimate of drug-likeness (QED) is 0.538. The second-order valence-corrected chi connectivity index (χ2v) is 8.02. The monoisotopic (exact) mass is 447 g/mol. The van der Waals surface area contributed by atoms with Crippen molar-refractivity contribution in [3.63, 3.8) is 0 Å². The fourth-order valence-corrected chi connectivity index (χ4v) is 4.70. The lowest BCUT2D eigenvalue weighted by Crippen LogP contribution is -2.34. The topological polar surface area (TPSA) is 48.0 Å². The third-order valence-electron chi connectivity index (χ3n) is 3.60. The molecule has 8 heteroatoms. The Balaban J connectivity index is 2.17. The third kappa shape index (κ3) is 5.09. The van der Waals surface area contributed by atoms with Crippen molar-refractivity contribution in [2.45, 2.75) is 25.5 Å². The maximum Gasteiger partial charge on any atom is 0.242 e. The first-order valence-corrected chi connectivity index (χ1v) is 10.2. The summed E-state index contributed by atoms with van der Waals surface area (Å²) in [6, 6.07) is 3.91. The van der Waals surface area contributed by atoms with Gasteiger partial charge in [0.25, 0.3) is 0 Å². The van der Waals surface area contributed by atoms with Crippen LogP contribution in [-0.2, 0) is 16.0 Å². The molecule has 0 aliphatic carbocycles. The summed E-state index contributed by atoms with van der Waals surface area (Å²) in [5, 5.41) is -0.219. The van der Waals surface area contributed by atoms with Crippen molar-refractivity contribution in [3.8, 4) is 11.5 Å². The van der Waals surface area contributed by atoms with Crippen LogP contribution in [0.3, 0.4) is 0 Å². The van der Waals surface area contributed by atoms with Crippen LogP contribution in [0, 0.1) is 0 Å². The molecule has 2 rings (SSSR count). The first-order chi connectivity index (χ1) is 12.0. The fraction of sp³-hybridized carbons (Fsp3) is 0.529. The van der Waals surface area contributed by atoms with Crippen molar-refractivity contribution in [1.29, 1.82) is 0 Å². The number of carbonyl (C=O) groups excluding carboxylic acids is 1. The van der Waals surface area contributed by atoms with Crippen molar-refractivity contribution in [3.05, 3.63) is 22.2 Å². The van der Waals surface area contributed by atoms with Crippen LogP contribution in [0.1, 0.15) is 19.4 Å². The van der Waals surface area contributed by atoms with E-state index in [1.807, 2.05) is 26.0 Å². The van der Waals surface area contributed by atoms with Gasteiger partial charge in [0.1, 0.15) is 4.32 Å². The van der Waals surface area contributed by atoms with Gasteiger partial charge in [-0.05, 0) is 53.9 Å². The Kier molecular flexibility index (Phi) is 7.99. The predicted molar refractivity (Wildman–Crippen MR) is 108 cm³/mol. The maximum atomic E-state index is 12.6. The van der Waals surface area contributed by atoms with E-state index in [1.165, 1.54) is 11.8 Å². The van der Waals surface area contributed by atoms with Crippen LogP contribution < -0.4 is 9.47 Å². The zero-order valence-corrected chi connectivity index (χ0v) is 17.8. The van der Waals surface area contributed by atoms with Crippen LogP contribution >= 0.6 is 39.9 Å². The van der Waals surface area contributed by atoms with Crippen molar-refractivity contribution in [1.82, 2.24) is 4.90 Å². The molecule has 0 radical (unpaired) electrons. The zero-order chi connectivity index (χ0) is 18.4. The largest absolute Gasteiger partial charge is 0.490 e. The first-order valence-electron chi connectivity index (χ1n) is 8.10. The van der Waals surface area contributed by atoms with Gasteiger partial charge in [0.15, 0.2) is 11.5 Å². The molecule has 0 N–H and O–H groups in total. The second kappa shape index (κ2) is 9.75. The van der Waals surface area contributed by atoms with Gasteiger partial charge in [-0.2, -0.15) is 0 Å². The van der Waals surface area contributed by atoms with E-state index < -0.39 is 0 Å². The number of hydrogen-bond donors (Lipinski definition) is 0. The normalized spacial score (nSPS) is 17.3. The highest BCUT2D eigenvalue weighted by atomic mass is 79.9. The second-order valence-electron chi connectivity index (χ2n) is 5.33. The van der Waals surface area contributed by atoms with E-state index in [0.717, 1.165) is 10.0 Å². The molecule has 1 aromatic carbocycles. The van der Waals surface area contributed by atoms with Gasteiger partial charge in [-0.1, -0.05) is 24.0 Å². The van der Waals surface area contributed by atoms with Crippen LogP contribution in [0.25, 0.3) is 0 Å². The Morgan fingerprint density at radius 3 is 2.64 bits per heavy atom. The Morgan fingerprint density at radius 1 is 1.28 bits per heavy atom. The smallest absolute Gasteiger partial charge is 0.242 e. The molecule has 1 aliphatic rings. The fourth-order valence-electron chi connectivity index (χ4n) is 2.51. The Hall–Kier alpha value is -0.830. The lowest BCUT2D eigenvalue weighted by molar-refractivity contribution is -0.126. The highest BCUT2D eigenvalue weighted by Crippen LogP contribution is 2.38. The molecule has 0 aromatic heterocycles. The number of ether oxygens (including phenoxy) is 3. The van der Waals surface area contributed by atoms with Crippen molar-refractivity contribution in [2.24, 2.45) is 0 Å². The molecule has 25 heavy (non-hydrogen) atoms. The van der Waals surface area contributed by atoms with Gasteiger partial charge in [-0.15, -0.1) is 0 Å². The summed E-state index contributed by atoms with van der Waals surface area (Å²) < 4.78 is 17.8. The van der Waals surface area contributed by atoms with Gasteiger partial charge in [-0.3, -0.25) is 9.69 Å². The zero-order valence-electron chi connectivity index (χ0n) is 14.5. The van der Waals surface area contributed by atoms with Gasteiger partial charge >= 0.3 is 0 Å². The van der Waals surface area contributed by atoms with Crippen molar-refractivity contribution in [2.75, 3.05) is 33.5 Å². The van der Waals surface area contributed by atoms with Crippen molar-refractivity contribution < 1.29 is 19.0 Å². The maximum absolute atomic E-state index is 12.6. The van der Waals surface area contributed by atoms with E-state index in [4.69, 9.17) is 26.4 Å². The summed E-state index contributed by atoms with van der Waals surface area (Å²) in [7, 11) is 1.61. The van der Waals surface area contributed by atoms with E-state index in [0.29, 0.717) is 48.6 Å². The molecule has 138 valence electrons. The lowest BCUT2D eigenvalue weighted by Gasteiger charge is -2.16. The number of amides is 1. The molecule has 0 bridgehead atoms. The van der Waals surface area contributed by atoms with Crippen LogP contribution in [0.4, 0.5) is 0 Å². The molecule has 1 aliphatic heterocycles. The highest BCUT2D eigenvalue weighted by Gasteiger charge is 2.36. The SMILES string of the molecule is CCOc1cc(C[C@H]2SC(=S)N(CCOC)C2=O)cc(Br)c1OCC. The minimum Gasteiger partial charge on any atom is -0.490 e. The number of rotatable bonds is 9. The van der Waals surface area contributed by atoms with E-state index in [2.05, 4.69) is 15.9 Å². The highest BCUT2D eigenvalue weighted by molar-refractivity contribution is 9.10. The average Bonchev–Trinajstić information content (AvgIpc) is 2.83. The lowest BCUT2D eigenvalue weighted by atomic mass is 10.1. The Morgan fingerprint density at radius 2 is 2.00 bits per heavy atom. The molecule has 1 aromatic rings. The summed E-state index contributed by atoms with van der Waals surface area (Å²) in [6.45, 7) is 5.93. The molecule has 0 saturated carbocycles. The van der Waals surface area contributed by atoms with Gasteiger partial charge < -0.3 is 14.2 Å². The summed E-state index contributed by atoms with van der Waals surface area (Å²) in [4.78, 5) is 14.2. The number of thioether (sulfide) groups is 1. The number of hydrogen-bond acceptors (Lipinski definition) is 6. The van der Waals surface area contributed by atoms with Gasteiger partial charge in [0.05, 0.1) is 36.1 Å². The predicted octanol–water partition coefficient (Wildman–Crippen LogP) is 3.66. The molecule has 1 atom stereocenters. The molecule has 1 amide bonds. The summed E-state index contributed by atoms with van der Waals surface area (Å²) in [6.07, 6.45) is 0.582. The van der Waals surface area contributed by atoms with E-state index >= 15 is 0 Å². The van der Waals surface area contributed by atoms with Crippen LogP contribution in [0.15, 0.2) is 16.6 Å². The Labute approximate surface area is 166 Å². The standard InChI is InChI=1S/C17H22BrNO4S2/c1-4-22-13-9-11(8-12(18)15(13)23-5-2)10-14-16(20)19(6-7-21-3)17(24)25-14/h8-9,14H,4-7,10H2,1-3H3/t14-/m1/s1. The number of methoxy groups -OCH3 is 1. The molecule has 1 heterocycles. The number of benzene rings is 1. The molecule has 0 unspecified atom stereocenters. The van der Waals surface area contributed by atoms with E-state index in [-0.39, 0.29) is 11.2 Å². The minimum absolute atomic E-state index is 0.0371. The van der Waals surface area contributed by atoms with Gasteiger partial charge in [0.2, 0.25) is 5.91 Å². The summed E-state index contributed by atoms with van der Waals surface area (Å²) >= 11 is 10.3. The van der Waals surface area contributed by atoms with Crippen LogP contribution in [-0.4, -0.2) is 53.9 Å². The number of halogens is 1. The third-order valence-corrected chi connectivity index (χ3v) is 5.78. The number of carbonyl (C=O) groups is 1. The minimum atomic E-state index is -0.219. The molecule has 5 nitrogen and oxygen atoms in total. The molecule has 1 saturated heterocycles. The van der Waals surface area contributed by atoms with E-state index in [9.17, 15) is 4.79 Å².